The number of esters is 2. The van der Waals surface area contributed by atoms with Gasteiger partial charge in [-0.15, -0.1) is 0 Å². The zero-order chi connectivity index (χ0) is 13.3. The summed E-state index contributed by atoms with van der Waals surface area (Å²) in [6, 6.07) is 0. The molecule has 2 bridgehead atoms. The molecular weight excluding hydrogens is 307 g/mol. The predicted molar refractivity (Wildman–Crippen MR) is 61.1 cm³/mol. The molecule has 0 aromatic carbocycles. The van der Waals surface area contributed by atoms with Crippen molar-refractivity contribution in [3.05, 3.63) is 0 Å². The van der Waals surface area contributed by atoms with Crippen LogP contribution in [0.2, 0.25) is 10.1 Å². The Balaban J connectivity index is 2.17. The van der Waals surface area contributed by atoms with Crippen LogP contribution in [0.25, 0.3) is 0 Å². The fraction of sp³-hybridized carbons (Fsp3) is 0.818. The SMILES string of the molecule is CO[C@H]1O[C@@H]2C[Se][C@H]1[C@H](OC(C)=O)[C@H]2OC(C)=O. The van der Waals surface area contributed by atoms with E-state index in [1.165, 1.54) is 13.8 Å². The molecule has 0 aromatic heterocycles. The Morgan fingerprint density at radius 3 is 2.33 bits per heavy atom. The predicted octanol–water partition coefficient (Wildman–Crippen LogP) is 0.146. The summed E-state index contributed by atoms with van der Waals surface area (Å²) in [5, 5.41) is 0.841. The van der Waals surface area contributed by atoms with Crippen molar-refractivity contribution in [3.8, 4) is 0 Å². The van der Waals surface area contributed by atoms with Crippen molar-refractivity contribution >= 4 is 26.9 Å². The topological polar surface area (TPSA) is 71.1 Å². The van der Waals surface area contributed by atoms with Gasteiger partial charge in [-0.05, 0) is 0 Å². The molecule has 7 heteroatoms. The number of methoxy groups -OCH3 is 1. The van der Waals surface area contributed by atoms with Gasteiger partial charge >= 0.3 is 111 Å². The summed E-state index contributed by atoms with van der Waals surface area (Å²) in [5.41, 5.74) is 0. The maximum atomic E-state index is 11.2. The van der Waals surface area contributed by atoms with Crippen LogP contribution in [0.1, 0.15) is 13.8 Å². The van der Waals surface area contributed by atoms with E-state index in [0.717, 1.165) is 5.32 Å². The number of carbonyl (C=O) groups excluding carboxylic acids is 2. The Labute approximate surface area is 111 Å². The van der Waals surface area contributed by atoms with Gasteiger partial charge in [0.05, 0.1) is 0 Å². The van der Waals surface area contributed by atoms with Crippen LogP contribution in [-0.4, -0.2) is 58.6 Å². The van der Waals surface area contributed by atoms with Gasteiger partial charge in [-0.2, -0.15) is 0 Å². The molecule has 3 aliphatic rings. The van der Waals surface area contributed by atoms with Gasteiger partial charge in [0.2, 0.25) is 0 Å². The Bertz CT molecular complexity index is 346. The summed E-state index contributed by atoms with van der Waals surface area (Å²) in [4.78, 5) is 22.3. The molecule has 3 heterocycles. The second-order valence-corrected chi connectivity index (χ2v) is 6.77. The first-order valence-electron chi connectivity index (χ1n) is 5.67. The summed E-state index contributed by atoms with van der Waals surface area (Å²) in [6.45, 7) is 2.69. The molecule has 3 rings (SSSR count). The number of hydrogen-bond acceptors (Lipinski definition) is 6. The van der Waals surface area contributed by atoms with Crippen molar-refractivity contribution in [1.29, 1.82) is 0 Å². The van der Waals surface area contributed by atoms with Crippen LogP contribution >= 0.6 is 0 Å². The first-order valence-corrected chi connectivity index (χ1v) is 7.87. The molecule has 0 unspecified atom stereocenters. The zero-order valence-electron chi connectivity index (χ0n) is 10.5. The van der Waals surface area contributed by atoms with Crippen molar-refractivity contribution in [3.63, 3.8) is 0 Å². The third kappa shape index (κ3) is 2.69. The third-order valence-electron chi connectivity index (χ3n) is 2.88. The molecule has 0 N–H and O–H groups in total. The third-order valence-corrected chi connectivity index (χ3v) is 5.81. The van der Waals surface area contributed by atoms with Crippen molar-refractivity contribution < 1.29 is 28.5 Å². The van der Waals surface area contributed by atoms with Crippen molar-refractivity contribution in [2.75, 3.05) is 7.11 Å². The molecule has 0 saturated carbocycles. The molecule has 0 spiro atoms. The van der Waals surface area contributed by atoms with E-state index in [2.05, 4.69) is 0 Å². The van der Waals surface area contributed by atoms with Gasteiger partial charge in [0.15, 0.2) is 0 Å². The average Bonchev–Trinajstić information content (AvgIpc) is 2.31. The van der Waals surface area contributed by atoms with Crippen molar-refractivity contribution in [2.24, 2.45) is 0 Å². The van der Waals surface area contributed by atoms with Crippen LogP contribution in [0, 0.1) is 0 Å². The quantitative estimate of drug-likeness (QED) is 0.544. The molecular formula is C11H16O6Se. The molecule has 3 saturated heterocycles. The Kier molecular flexibility index (Phi) is 4.27. The Morgan fingerprint density at radius 1 is 1.17 bits per heavy atom. The second-order valence-electron chi connectivity index (χ2n) is 4.22. The van der Waals surface area contributed by atoms with E-state index >= 15 is 0 Å². The van der Waals surface area contributed by atoms with Gasteiger partial charge in [0.1, 0.15) is 0 Å². The van der Waals surface area contributed by atoms with Gasteiger partial charge in [0.25, 0.3) is 0 Å². The molecule has 6 nitrogen and oxygen atoms in total. The normalized spacial score (nSPS) is 38.3. The van der Waals surface area contributed by atoms with E-state index in [-0.39, 0.29) is 38.1 Å². The monoisotopic (exact) mass is 324 g/mol. The van der Waals surface area contributed by atoms with Crippen LogP contribution in [0.5, 0.6) is 0 Å². The zero-order valence-corrected chi connectivity index (χ0v) is 12.2. The molecule has 102 valence electrons. The first-order chi connectivity index (χ1) is 8.52. The summed E-state index contributed by atoms with van der Waals surface area (Å²) < 4.78 is 21.5. The summed E-state index contributed by atoms with van der Waals surface area (Å²) >= 11 is 0.250. The van der Waals surface area contributed by atoms with E-state index in [0.29, 0.717) is 0 Å². The standard InChI is InChI=1S/C11H16O6Se/c1-5(12)15-8-7-4-18-10(11(14-3)17-7)9(8)16-6(2)13/h7-11H,4H2,1-3H3/t7-,8+,9-,10+,11+/m1/s1. The number of ether oxygens (including phenoxy) is 4. The number of fused-ring (bicyclic) bond motifs is 3. The van der Waals surface area contributed by atoms with Crippen LogP contribution in [0.4, 0.5) is 0 Å². The molecule has 0 aliphatic carbocycles. The van der Waals surface area contributed by atoms with Gasteiger partial charge in [0, 0.05) is 0 Å². The Morgan fingerprint density at radius 2 is 1.78 bits per heavy atom. The van der Waals surface area contributed by atoms with Crippen molar-refractivity contribution in [2.45, 2.75) is 48.6 Å². The summed E-state index contributed by atoms with van der Waals surface area (Å²) in [5.74, 6) is -0.773. The van der Waals surface area contributed by atoms with Gasteiger partial charge < -0.3 is 0 Å². The van der Waals surface area contributed by atoms with E-state index < -0.39 is 18.2 Å². The molecule has 18 heavy (non-hydrogen) atoms. The van der Waals surface area contributed by atoms with Crippen LogP contribution < -0.4 is 0 Å². The summed E-state index contributed by atoms with van der Waals surface area (Å²) in [6.07, 6.45) is -1.59. The van der Waals surface area contributed by atoms with Crippen LogP contribution in [0.3, 0.4) is 0 Å². The van der Waals surface area contributed by atoms with Gasteiger partial charge in [-0.3, -0.25) is 0 Å². The molecule has 0 radical (unpaired) electrons. The van der Waals surface area contributed by atoms with Crippen LogP contribution in [0.15, 0.2) is 0 Å². The Hall–Kier alpha value is -0.621. The van der Waals surface area contributed by atoms with Gasteiger partial charge in [-0.25, -0.2) is 0 Å². The van der Waals surface area contributed by atoms with E-state index in [4.69, 9.17) is 18.9 Å². The molecule has 3 fully saturated rings. The molecule has 0 aromatic rings. The number of carbonyl (C=O) groups is 2. The first kappa shape index (κ1) is 13.8. The maximum absolute atomic E-state index is 11.2. The fourth-order valence-corrected chi connectivity index (χ4v) is 5.21. The number of hydrogen-bond donors (Lipinski definition) is 0. The molecule has 5 atom stereocenters. The second kappa shape index (κ2) is 5.57. The van der Waals surface area contributed by atoms with Gasteiger partial charge in [-0.1, -0.05) is 0 Å². The molecule has 3 aliphatic heterocycles. The average molecular weight is 323 g/mol. The van der Waals surface area contributed by atoms with E-state index in [1.54, 1.807) is 7.11 Å². The van der Waals surface area contributed by atoms with Crippen LogP contribution in [-0.2, 0) is 28.5 Å². The summed E-state index contributed by atoms with van der Waals surface area (Å²) in [7, 11) is 1.56. The van der Waals surface area contributed by atoms with Crippen molar-refractivity contribution in [1.82, 2.24) is 0 Å². The van der Waals surface area contributed by atoms with E-state index in [1.807, 2.05) is 0 Å². The fourth-order valence-electron chi connectivity index (χ4n) is 2.24. The molecule has 0 amide bonds. The minimum atomic E-state index is -0.515. The number of rotatable bonds is 3. The minimum absolute atomic E-state index is 0.0271. The van der Waals surface area contributed by atoms with E-state index in [9.17, 15) is 9.59 Å².